The van der Waals surface area contributed by atoms with Crippen molar-refractivity contribution in [3.63, 3.8) is 0 Å². The van der Waals surface area contributed by atoms with Crippen LogP contribution in [0.4, 0.5) is 10.1 Å². The van der Waals surface area contributed by atoms with E-state index in [-0.39, 0.29) is 24.3 Å². The number of benzene rings is 1. The first-order chi connectivity index (χ1) is 11.8. The number of thiophene rings is 1. The number of nitrogens with one attached hydrogen (secondary N) is 1. The molecule has 0 fully saturated rings. The first-order valence-electron chi connectivity index (χ1n) is 7.39. The minimum atomic E-state index is -1.07. The lowest BCUT2D eigenvalue weighted by molar-refractivity contribution is -0.153. The highest BCUT2D eigenvalue weighted by atomic mass is 35.5. The SMILES string of the molecule is C[C@@H](OC(=O)CCC(=O)c1ccc(Cl)s1)C(=O)Nc1cccc(F)c1. The molecule has 1 aromatic heterocycles. The third-order valence-electron chi connectivity index (χ3n) is 3.17. The van der Waals surface area contributed by atoms with Crippen molar-refractivity contribution in [3.8, 4) is 0 Å². The third kappa shape index (κ3) is 5.95. The van der Waals surface area contributed by atoms with Crippen molar-refractivity contribution < 1.29 is 23.5 Å². The molecule has 0 aliphatic carbocycles. The molecular weight excluding hydrogens is 369 g/mol. The molecule has 5 nitrogen and oxygen atoms in total. The van der Waals surface area contributed by atoms with Gasteiger partial charge in [0.05, 0.1) is 15.6 Å². The van der Waals surface area contributed by atoms with Crippen LogP contribution in [-0.4, -0.2) is 23.8 Å². The summed E-state index contributed by atoms with van der Waals surface area (Å²) < 4.78 is 18.6. The molecule has 25 heavy (non-hydrogen) atoms. The lowest BCUT2D eigenvalue weighted by atomic mass is 10.2. The average molecular weight is 384 g/mol. The molecule has 0 aliphatic heterocycles. The maximum Gasteiger partial charge on any atom is 0.307 e. The minimum absolute atomic E-state index is 0.0338. The van der Waals surface area contributed by atoms with Gasteiger partial charge in [-0.15, -0.1) is 11.3 Å². The number of carbonyl (C=O) groups is 3. The summed E-state index contributed by atoms with van der Waals surface area (Å²) in [6.45, 7) is 1.40. The molecule has 1 heterocycles. The fraction of sp³-hybridized carbons (Fsp3) is 0.235. The third-order valence-corrected chi connectivity index (χ3v) is 4.45. The Hall–Kier alpha value is -2.25. The summed E-state index contributed by atoms with van der Waals surface area (Å²) in [7, 11) is 0. The number of esters is 1. The van der Waals surface area contributed by atoms with Crippen molar-refractivity contribution in [2.45, 2.75) is 25.9 Å². The van der Waals surface area contributed by atoms with Crippen molar-refractivity contribution in [2.75, 3.05) is 5.32 Å². The number of halogens is 2. The van der Waals surface area contributed by atoms with Crippen LogP contribution in [-0.2, 0) is 14.3 Å². The Bertz CT molecular complexity index is 792. The molecule has 1 aromatic carbocycles. The van der Waals surface area contributed by atoms with Gasteiger partial charge in [0.25, 0.3) is 5.91 Å². The van der Waals surface area contributed by atoms with Gasteiger partial charge < -0.3 is 10.1 Å². The second-order valence-electron chi connectivity index (χ2n) is 5.16. The largest absolute Gasteiger partial charge is 0.453 e. The van der Waals surface area contributed by atoms with Gasteiger partial charge in [-0.05, 0) is 37.3 Å². The standard InChI is InChI=1S/C17H15ClFNO4S/c1-10(17(23)20-12-4-2-3-11(19)9-12)24-16(22)8-5-13(21)14-6-7-15(18)25-14/h2-4,6-7,9-10H,5,8H2,1H3,(H,20,23)/t10-/m1/s1. The highest BCUT2D eigenvalue weighted by Gasteiger charge is 2.19. The summed E-state index contributed by atoms with van der Waals surface area (Å²) in [5, 5.41) is 2.45. The Labute approximate surface area is 152 Å². The van der Waals surface area contributed by atoms with E-state index in [2.05, 4.69) is 5.32 Å². The van der Waals surface area contributed by atoms with Crippen LogP contribution >= 0.6 is 22.9 Å². The number of hydrogen-bond acceptors (Lipinski definition) is 5. The van der Waals surface area contributed by atoms with Gasteiger partial charge in [0.2, 0.25) is 0 Å². The molecule has 132 valence electrons. The number of ketones is 1. The number of carbonyl (C=O) groups excluding carboxylic acids is 3. The molecule has 1 amide bonds. The zero-order valence-corrected chi connectivity index (χ0v) is 14.8. The van der Waals surface area contributed by atoms with E-state index in [4.69, 9.17) is 16.3 Å². The summed E-state index contributed by atoms with van der Waals surface area (Å²) in [5.74, 6) is -1.96. The van der Waals surface area contributed by atoms with Gasteiger partial charge in [-0.25, -0.2) is 4.39 Å². The fourth-order valence-corrected chi connectivity index (χ4v) is 2.93. The summed E-state index contributed by atoms with van der Waals surface area (Å²) in [4.78, 5) is 36.1. The monoisotopic (exact) mass is 383 g/mol. The van der Waals surface area contributed by atoms with Gasteiger partial charge in [0.1, 0.15) is 5.82 Å². The van der Waals surface area contributed by atoms with Crippen LogP contribution in [0.3, 0.4) is 0 Å². The van der Waals surface area contributed by atoms with Gasteiger partial charge in [-0.1, -0.05) is 17.7 Å². The highest BCUT2D eigenvalue weighted by Crippen LogP contribution is 2.23. The normalized spacial score (nSPS) is 11.6. The van der Waals surface area contributed by atoms with Crippen molar-refractivity contribution >= 4 is 46.3 Å². The molecule has 1 N–H and O–H groups in total. The van der Waals surface area contributed by atoms with Crippen LogP contribution in [0.2, 0.25) is 4.34 Å². The Kier molecular flexibility index (Phi) is 6.66. The molecule has 0 saturated heterocycles. The van der Waals surface area contributed by atoms with E-state index >= 15 is 0 Å². The Morgan fingerprint density at radius 1 is 1.24 bits per heavy atom. The lowest BCUT2D eigenvalue weighted by Crippen LogP contribution is -2.30. The highest BCUT2D eigenvalue weighted by molar-refractivity contribution is 7.18. The molecule has 0 unspecified atom stereocenters. The van der Waals surface area contributed by atoms with Crippen LogP contribution in [0, 0.1) is 5.82 Å². The molecule has 0 saturated carbocycles. The van der Waals surface area contributed by atoms with Gasteiger partial charge in [0.15, 0.2) is 11.9 Å². The van der Waals surface area contributed by atoms with Crippen LogP contribution < -0.4 is 5.32 Å². The van der Waals surface area contributed by atoms with Gasteiger partial charge in [0, 0.05) is 12.1 Å². The Morgan fingerprint density at radius 3 is 2.64 bits per heavy atom. The minimum Gasteiger partial charge on any atom is -0.453 e. The zero-order chi connectivity index (χ0) is 18.4. The number of amides is 1. The molecule has 2 rings (SSSR count). The van der Waals surface area contributed by atoms with Crippen LogP contribution in [0.25, 0.3) is 0 Å². The first kappa shape index (κ1) is 19.1. The quantitative estimate of drug-likeness (QED) is 0.577. The number of hydrogen-bond donors (Lipinski definition) is 1. The molecular formula is C17H15ClFNO4S. The molecule has 0 spiro atoms. The lowest BCUT2D eigenvalue weighted by Gasteiger charge is -2.13. The fourth-order valence-electron chi connectivity index (χ4n) is 1.92. The number of rotatable bonds is 7. The molecule has 2 aromatic rings. The first-order valence-corrected chi connectivity index (χ1v) is 8.59. The average Bonchev–Trinajstić information content (AvgIpc) is 2.99. The molecule has 0 bridgehead atoms. The van der Waals surface area contributed by atoms with E-state index in [9.17, 15) is 18.8 Å². The molecule has 8 heteroatoms. The predicted molar refractivity (Wildman–Crippen MR) is 93.5 cm³/mol. The van der Waals surface area contributed by atoms with E-state index < -0.39 is 23.8 Å². The van der Waals surface area contributed by atoms with E-state index in [0.29, 0.717) is 9.21 Å². The van der Waals surface area contributed by atoms with Crippen LogP contribution in [0.15, 0.2) is 36.4 Å². The van der Waals surface area contributed by atoms with E-state index in [1.807, 2.05) is 0 Å². The van der Waals surface area contributed by atoms with Gasteiger partial charge >= 0.3 is 5.97 Å². The zero-order valence-electron chi connectivity index (χ0n) is 13.3. The van der Waals surface area contributed by atoms with E-state index in [1.165, 1.54) is 25.1 Å². The number of ether oxygens (including phenoxy) is 1. The summed E-state index contributed by atoms with van der Waals surface area (Å²) in [6, 6.07) is 8.56. The summed E-state index contributed by atoms with van der Waals surface area (Å²) in [5.41, 5.74) is 0.262. The maximum atomic E-state index is 13.1. The van der Waals surface area contributed by atoms with Crippen molar-refractivity contribution in [3.05, 3.63) is 51.4 Å². The second-order valence-corrected chi connectivity index (χ2v) is 6.87. The smallest absolute Gasteiger partial charge is 0.307 e. The van der Waals surface area contributed by atoms with E-state index in [0.717, 1.165) is 17.4 Å². The van der Waals surface area contributed by atoms with Crippen molar-refractivity contribution in [1.29, 1.82) is 0 Å². The molecule has 0 radical (unpaired) electrons. The molecule has 1 atom stereocenters. The summed E-state index contributed by atoms with van der Waals surface area (Å²) in [6.07, 6.45) is -1.25. The Morgan fingerprint density at radius 2 is 2.00 bits per heavy atom. The van der Waals surface area contributed by atoms with E-state index in [1.54, 1.807) is 12.1 Å². The number of Topliss-reactive ketones (excluding diaryl/α,β-unsaturated/α-hetero) is 1. The van der Waals surface area contributed by atoms with Crippen molar-refractivity contribution in [2.24, 2.45) is 0 Å². The van der Waals surface area contributed by atoms with Crippen molar-refractivity contribution in [1.82, 2.24) is 0 Å². The second kappa shape index (κ2) is 8.73. The predicted octanol–water partition coefficient (Wildman–Crippen LogP) is 4.07. The van der Waals surface area contributed by atoms with Gasteiger partial charge in [-0.3, -0.25) is 14.4 Å². The van der Waals surface area contributed by atoms with Crippen LogP contribution in [0.5, 0.6) is 0 Å². The molecule has 0 aliphatic rings. The maximum absolute atomic E-state index is 13.1. The summed E-state index contributed by atoms with van der Waals surface area (Å²) >= 11 is 6.89. The van der Waals surface area contributed by atoms with Gasteiger partial charge in [-0.2, -0.15) is 0 Å². The Balaban J connectivity index is 1.79. The van der Waals surface area contributed by atoms with Crippen LogP contribution in [0.1, 0.15) is 29.4 Å². The number of anilines is 1. The topological polar surface area (TPSA) is 72.5 Å².